The van der Waals surface area contributed by atoms with Gasteiger partial charge in [-0.3, -0.25) is 0 Å². The van der Waals surface area contributed by atoms with Crippen molar-refractivity contribution in [2.45, 2.75) is 0 Å². The van der Waals surface area contributed by atoms with Gasteiger partial charge in [0.2, 0.25) is 0 Å². The van der Waals surface area contributed by atoms with Gasteiger partial charge in [0.1, 0.15) is 5.65 Å². The highest BCUT2D eigenvalue weighted by molar-refractivity contribution is 6.27. The zero-order valence-electron chi connectivity index (χ0n) is 17.0. The highest BCUT2D eigenvalue weighted by atomic mass is 15.1. The van der Waals surface area contributed by atoms with E-state index in [1.54, 1.807) is 0 Å². The van der Waals surface area contributed by atoms with Crippen LogP contribution in [0.25, 0.3) is 76.5 Å². The van der Waals surface area contributed by atoms with Gasteiger partial charge in [-0.15, -0.1) is 0 Å². The van der Waals surface area contributed by atoms with Crippen molar-refractivity contribution in [3.63, 3.8) is 0 Å². The van der Waals surface area contributed by atoms with Gasteiger partial charge in [-0.1, -0.05) is 36.4 Å². The van der Waals surface area contributed by atoms with Crippen LogP contribution >= 0.6 is 0 Å². The zero-order chi connectivity index (χ0) is 20.6. The third kappa shape index (κ3) is 1.59. The summed E-state index contributed by atoms with van der Waals surface area (Å²) in [5.41, 5.74) is 8.49. The van der Waals surface area contributed by atoms with Crippen LogP contribution in [-0.2, 0) is 0 Å². The fourth-order valence-corrected chi connectivity index (χ4v) is 5.98. The Balaban J connectivity index is 1.55. The van der Waals surface area contributed by atoms with Crippen LogP contribution in [0.3, 0.4) is 0 Å². The molecule has 4 nitrogen and oxygen atoms in total. The van der Waals surface area contributed by atoms with Gasteiger partial charge >= 0.3 is 0 Å². The predicted molar refractivity (Wildman–Crippen MR) is 133 cm³/mol. The molecule has 4 heteroatoms. The molecule has 32 heavy (non-hydrogen) atoms. The second kappa shape index (κ2) is 4.89. The lowest BCUT2D eigenvalue weighted by Gasteiger charge is -1.98. The minimum atomic E-state index is 1.19. The zero-order valence-corrected chi connectivity index (χ0v) is 17.0. The third-order valence-electron chi connectivity index (χ3n) is 7.35. The molecule has 0 radical (unpaired) electrons. The Kier molecular flexibility index (Phi) is 2.35. The summed E-state index contributed by atoms with van der Waals surface area (Å²) < 4.78 is 4.67. The maximum Gasteiger partial charge on any atom is 0.130 e. The van der Waals surface area contributed by atoms with Crippen LogP contribution in [-0.4, -0.2) is 18.8 Å². The predicted octanol–water partition coefficient (Wildman–Crippen LogP) is 7.21. The van der Waals surface area contributed by atoms with Crippen LogP contribution in [0.5, 0.6) is 0 Å². The molecular weight excluding hydrogens is 392 g/mol. The Labute approximate surface area is 180 Å². The van der Waals surface area contributed by atoms with Gasteiger partial charge in [-0.2, -0.15) is 0 Å². The molecule has 0 aliphatic carbocycles. The number of hydrogen-bond donors (Lipinski definition) is 2. The van der Waals surface area contributed by atoms with Crippen LogP contribution < -0.4 is 0 Å². The molecule has 0 atom stereocenters. The van der Waals surface area contributed by atoms with E-state index in [9.17, 15) is 0 Å². The fourth-order valence-electron chi connectivity index (χ4n) is 5.98. The molecule has 0 fully saturated rings. The molecule has 9 aromatic rings. The van der Waals surface area contributed by atoms with Gasteiger partial charge in [0, 0.05) is 72.2 Å². The molecule has 148 valence electrons. The van der Waals surface area contributed by atoms with E-state index < -0.39 is 0 Å². The van der Waals surface area contributed by atoms with Crippen LogP contribution in [0.2, 0.25) is 0 Å². The van der Waals surface area contributed by atoms with Gasteiger partial charge < -0.3 is 18.8 Å². The van der Waals surface area contributed by atoms with Gasteiger partial charge in [0.25, 0.3) is 0 Å². The molecule has 0 aliphatic heterocycles. The van der Waals surface area contributed by atoms with E-state index in [2.05, 4.69) is 104 Å². The molecule has 4 aromatic carbocycles. The largest absolute Gasteiger partial charge is 0.354 e. The number of H-pyrrole nitrogens is 2. The first kappa shape index (κ1) is 15.4. The van der Waals surface area contributed by atoms with Gasteiger partial charge in [0.05, 0.1) is 11.0 Å². The SMILES string of the molecule is c1ccc2c(c1)[nH]c1cc3c(cc12)c1c2cc4c(cc2n2ccn3c12)[nH]c1ccccc14. The summed E-state index contributed by atoms with van der Waals surface area (Å²) in [5, 5.41) is 9.08. The van der Waals surface area contributed by atoms with Crippen molar-refractivity contribution in [2.24, 2.45) is 0 Å². The maximum absolute atomic E-state index is 3.60. The van der Waals surface area contributed by atoms with Crippen LogP contribution in [0.15, 0.2) is 85.2 Å². The van der Waals surface area contributed by atoms with E-state index in [0.717, 1.165) is 0 Å². The Morgan fingerprint density at radius 2 is 0.969 bits per heavy atom. The number of nitrogens with one attached hydrogen (secondary N) is 2. The molecule has 0 bridgehead atoms. The third-order valence-corrected chi connectivity index (χ3v) is 7.35. The Morgan fingerprint density at radius 1 is 0.469 bits per heavy atom. The molecule has 5 aromatic heterocycles. The van der Waals surface area contributed by atoms with Crippen molar-refractivity contribution in [2.75, 3.05) is 0 Å². The number of rotatable bonds is 0. The molecule has 0 spiro atoms. The number of imidazole rings is 1. The van der Waals surface area contributed by atoms with E-state index in [1.807, 2.05) is 0 Å². The summed E-state index contributed by atoms with van der Waals surface area (Å²) in [6.07, 6.45) is 4.38. The first-order valence-corrected chi connectivity index (χ1v) is 11.0. The van der Waals surface area contributed by atoms with Crippen LogP contribution in [0.4, 0.5) is 0 Å². The van der Waals surface area contributed by atoms with Crippen molar-refractivity contribution in [3.8, 4) is 0 Å². The summed E-state index contributed by atoms with van der Waals surface area (Å²) >= 11 is 0. The number of aromatic nitrogens is 4. The van der Waals surface area contributed by atoms with E-state index in [4.69, 9.17) is 0 Å². The molecule has 0 amide bonds. The quantitative estimate of drug-likeness (QED) is 0.266. The Morgan fingerprint density at radius 3 is 1.50 bits per heavy atom. The lowest BCUT2D eigenvalue weighted by Crippen LogP contribution is -1.80. The monoisotopic (exact) mass is 408 g/mol. The summed E-state index contributed by atoms with van der Waals surface area (Å²) in [4.78, 5) is 7.21. The normalized spacial score (nSPS) is 13.0. The average Bonchev–Trinajstić information content (AvgIpc) is 3.59. The van der Waals surface area contributed by atoms with Gasteiger partial charge in [-0.05, 0) is 36.4 Å². The minimum Gasteiger partial charge on any atom is -0.354 e. The number of hydrogen-bond acceptors (Lipinski definition) is 0. The van der Waals surface area contributed by atoms with E-state index in [0.29, 0.717) is 0 Å². The van der Waals surface area contributed by atoms with Crippen molar-refractivity contribution in [1.82, 2.24) is 18.8 Å². The van der Waals surface area contributed by atoms with Gasteiger partial charge in [0.15, 0.2) is 0 Å². The number of benzene rings is 4. The standard InChI is InChI=1S/C28H16N4/c1-3-7-21-15(5-1)17-11-19-25(13-23(17)29-21)31-9-10-32-26-14-24-18(12-20(26)27(19)28(31)32)16-6-2-4-8-22(16)30-24/h1-14,29-30H. The highest BCUT2D eigenvalue weighted by Gasteiger charge is 2.21. The highest BCUT2D eigenvalue weighted by Crippen LogP contribution is 2.42. The molecule has 5 heterocycles. The lowest BCUT2D eigenvalue weighted by molar-refractivity contribution is 1.26. The van der Waals surface area contributed by atoms with Crippen molar-refractivity contribution >= 4 is 76.5 Å². The Hall–Kier alpha value is -4.44. The average molecular weight is 408 g/mol. The van der Waals surface area contributed by atoms with Crippen molar-refractivity contribution in [1.29, 1.82) is 0 Å². The number of nitrogens with zero attached hydrogens (tertiary/aromatic N) is 2. The molecule has 0 unspecified atom stereocenters. The number of fused-ring (bicyclic) bond motifs is 12. The van der Waals surface area contributed by atoms with E-state index in [-0.39, 0.29) is 0 Å². The smallest absolute Gasteiger partial charge is 0.130 e. The van der Waals surface area contributed by atoms with Crippen molar-refractivity contribution in [3.05, 3.63) is 85.2 Å². The molecule has 0 saturated heterocycles. The van der Waals surface area contributed by atoms with Crippen molar-refractivity contribution < 1.29 is 0 Å². The molecule has 0 saturated carbocycles. The summed E-state index contributed by atoms with van der Waals surface area (Å²) in [5.74, 6) is 0. The second-order valence-corrected chi connectivity index (χ2v) is 8.91. The van der Waals surface area contributed by atoms with E-state index in [1.165, 1.54) is 76.5 Å². The molecule has 2 N–H and O–H groups in total. The molecular formula is C28H16N4. The van der Waals surface area contributed by atoms with Crippen LogP contribution in [0.1, 0.15) is 0 Å². The number of aromatic amines is 2. The fraction of sp³-hybridized carbons (Fsp3) is 0. The molecule has 9 rings (SSSR count). The van der Waals surface area contributed by atoms with E-state index >= 15 is 0 Å². The minimum absolute atomic E-state index is 1.19. The second-order valence-electron chi connectivity index (χ2n) is 8.91. The number of para-hydroxylation sites is 2. The summed E-state index contributed by atoms with van der Waals surface area (Å²) in [7, 11) is 0. The summed E-state index contributed by atoms with van der Waals surface area (Å²) in [6, 6.07) is 26.5. The van der Waals surface area contributed by atoms with Gasteiger partial charge in [-0.25, -0.2) is 0 Å². The topological polar surface area (TPSA) is 40.4 Å². The molecule has 0 aliphatic rings. The maximum atomic E-state index is 3.60. The Bertz CT molecular complexity index is 2040. The van der Waals surface area contributed by atoms with Crippen LogP contribution in [0, 0.1) is 0 Å². The summed E-state index contributed by atoms with van der Waals surface area (Å²) in [6.45, 7) is 0. The lowest BCUT2D eigenvalue weighted by atomic mass is 10.1. The first-order valence-electron chi connectivity index (χ1n) is 11.0. The first-order chi connectivity index (χ1) is 15.8.